The van der Waals surface area contributed by atoms with Crippen molar-refractivity contribution in [2.45, 2.75) is 25.6 Å². The average Bonchev–Trinajstić information content (AvgIpc) is 2.99. The normalized spacial score (nSPS) is 12.0. The molecule has 0 amide bonds. The van der Waals surface area contributed by atoms with E-state index in [0.717, 1.165) is 25.1 Å². The van der Waals surface area contributed by atoms with Crippen molar-refractivity contribution in [3.63, 3.8) is 0 Å². The molecule has 3 rings (SSSR count). The van der Waals surface area contributed by atoms with Crippen molar-refractivity contribution in [2.75, 3.05) is 5.73 Å². The van der Waals surface area contributed by atoms with Crippen LogP contribution in [0.25, 0.3) is 10.9 Å². The van der Waals surface area contributed by atoms with Crippen LogP contribution in [0.4, 0.5) is 18.9 Å². The Morgan fingerprint density at radius 2 is 2.00 bits per heavy atom. The lowest BCUT2D eigenvalue weighted by molar-refractivity contribution is -0.137. The third kappa shape index (κ3) is 3.44. The van der Waals surface area contributed by atoms with E-state index in [1.54, 1.807) is 18.6 Å². The Labute approximate surface area is 130 Å². The summed E-state index contributed by atoms with van der Waals surface area (Å²) in [7, 11) is 0. The first-order valence-corrected chi connectivity index (χ1v) is 7.15. The molecule has 3 aromatic rings. The molecule has 0 bridgehead atoms. The Kier molecular flexibility index (Phi) is 3.94. The molecule has 2 N–H and O–H groups in total. The van der Waals surface area contributed by atoms with Crippen LogP contribution in [0.3, 0.4) is 0 Å². The van der Waals surface area contributed by atoms with Gasteiger partial charge in [-0.3, -0.25) is 4.98 Å². The summed E-state index contributed by atoms with van der Waals surface area (Å²) in [5.41, 5.74) is 6.64. The van der Waals surface area contributed by atoms with Crippen molar-refractivity contribution >= 4 is 16.6 Å². The van der Waals surface area contributed by atoms with Crippen LogP contribution < -0.4 is 5.73 Å². The molecule has 0 aliphatic rings. The van der Waals surface area contributed by atoms with Gasteiger partial charge in [0.15, 0.2) is 0 Å². The van der Waals surface area contributed by atoms with E-state index in [-0.39, 0.29) is 5.52 Å². The van der Waals surface area contributed by atoms with Gasteiger partial charge in [-0.05, 0) is 31.0 Å². The Morgan fingerprint density at radius 3 is 2.70 bits per heavy atom. The van der Waals surface area contributed by atoms with Crippen molar-refractivity contribution in [3.05, 3.63) is 54.2 Å². The van der Waals surface area contributed by atoms with E-state index >= 15 is 0 Å². The first kappa shape index (κ1) is 15.3. The molecule has 0 radical (unpaired) electrons. The highest BCUT2D eigenvalue weighted by Gasteiger charge is 2.30. The summed E-state index contributed by atoms with van der Waals surface area (Å²) < 4.78 is 40.4. The molecule has 120 valence electrons. The lowest BCUT2D eigenvalue weighted by atomic mass is 10.1. The van der Waals surface area contributed by atoms with Gasteiger partial charge in [-0.1, -0.05) is 6.07 Å². The standard InChI is InChI=1S/C16H15F3N4/c17-16(18,19)11-3-4-13-14(20)9-12(22-15(13)8-11)2-1-6-23-7-5-21-10-23/h3-5,7-10H,1-2,6H2,(H2,20,22). The fraction of sp³-hybridized carbons (Fsp3) is 0.250. The number of halogens is 3. The quantitative estimate of drug-likeness (QED) is 0.798. The number of fused-ring (bicyclic) bond motifs is 1. The van der Waals surface area contributed by atoms with Gasteiger partial charge in [-0.25, -0.2) is 4.98 Å². The minimum Gasteiger partial charge on any atom is -0.398 e. The van der Waals surface area contributed by atoms with Crippen LogP contribution in [0, 0.1) is 0 Å². The second-order valence-corrected chi connectivity index (χ2v) is 5.34. The SMILES string of the molecule is Nc1cc(CCCn2ccnc2)nc2cc(C(F)(F)F)ccc12. The molecule has 0 fully saturated rings. The largest absolute Gasteiger partial charge is 0.416 e. The Bertz CT molecular complexity index is 810. The Morgan fingerprint density at radius 1 is 1.17 bits per heavy atom. The number of aromatic nitrogens is 3. The first-order chi connectivity index (χ1) is 10.9. The number of alkyl halides is 3. The fourth-order valence-corrected chi connectivity index (χ4v) is 2.48. The zero-order valence-corrected chi connectivity index (χ0v) is 12.2. The molecule has 0 saturated carbocycles. The van der Waals surface area contributed by atoms with Gasteiger partial charge < -0.3 is 10.3 Å². The lowest BCUT2D eigenvalue weighted by Crippen LogP contribution is -2.05. The van der Waals surface area contributed by atoms with E-state index in [1.807, 2.05) is 10.8 Å². The molecule has 0 aliphatic carbocycles. The number of hydrogen-bond acceptors (Lipinski definition) is 3. The average molecular weight is 320 g/mol. The first-order valence-electron chi connectivity index (χ1n) is 7.15. The maximum atomic E-state index is 12.8. The summed E-state index contributed by atoms with van der Waals surface area (Å²) in [5.74, 6) is 0. The molecular weight excluding hydrogens is 305 g/mol. The van der Waals surface area contributed by atoms with Gasteiger partial charge >= 0.3 is 6.18 Å². The van der Waals surface area contributed by atoms with Crippen molar-refractivity contribution in [1.82, 2.24) is 14.5 Å². The van der Waals surface area contributed by atoms with Crippen molar-refractivity contribution in [3.8, 4) is 0 Å². The van der Waals surface area contributed by atoms with E-state index in [1.165, 1.54) is 6.07 Å². The molecule has 2 aromatic heterocycles. The van der Waals surface area contributed by atoms with Crippen molar-refractivity contribution in [1.29, 1.82) is 0 Å². The van der Waals surface area contributed by atoms with Gasteiger partial charge in [0.2, 0.25) is 0 Å². The smallest absolute Gasteiger partial charge is 0.398 e. The number of aryl methyl sites for hydroxylation is 2. The van der Waals surface area contributed by atoms with E-state index in [9.17, 15) is 13.2 Å². The van der Waals surface area contributed by atoms with Gasteiger partial charge in [-0.15, -0.1) is 0 Å². The summed E-state index contributed by atoms with van der Waals surface area (Å²) in [6.07, 6.45) is 2.32. The maximum absolute atomic E-state index is 12.8. The third-order valence-electron chi connectivity index (χ3n) is 3.63. The molecule has 7 heteroatoms. The molecular formula is C16H15F3N4. The Hall–Kier alpha value is -2.57. The second kappa shape index (κ2) is 5.91. The van der Waals surface area contributed by atoms with Crippen LogP contribution in [0.1, 0.15) is 17.7 Å². The van der Waals surface area contributed by atoms with Gasteiger partial charge in [-0.2, -0.15) is 13.2 Å². The molecule has 2 heterocycles. The number of anilines is 1. The van der Waals surface area contributed by atoms with Gasteiger partial charge in [0, 0.05) is 35.7 Å². The number of hydrogen-bond donors (Lipinski definition) is 1. The van der Waals surface area contributed by atoms with E-state index < -0.39 is 11.7 Å². The summed E-state index contributed by atoms with van der Waals surface area (Å²) in [4.78, 5) is 8.28. The molecule has 0 spiro atoms. The topological polar surface area (TPSA) is 56.7 Å². The molecule has 4 nitrogen and oxygen atoms in total. The highest BCUT2D eigenvalue weighted by molar-refractivity contribution is 5.90. The Balaban J connectivity index is 1.83. The summed E-state index contributed by atoms with van der Waals surface area (Å²) >= 11 is 0. The van der Waals surface area contributed by atoms with Crippen molar-refractivity contribution < 1.29 is 13.2 Å². The molecule has 1 aromatic carbocycles. The highest BCUT2D eigenvalue weighted by atomic mass is 19.4. The molecule has 0 unspecified atom stereocenters. The van der Waals surface area contributed by atoms with Crippen LogP contribution in [0.2, 0.25) is 0 Å². The van der Waals surface area contributed by atoms with Gasteiger partial charge in [0.1, 0.15) is 0 Å². The summed E-state index contributed by atoms with van der Waals surface area (Å²) in [5, 5.41) is 0.538. The van der Waals surface area contributed by atoms with Crippen LogP contribution in [0.15, 0.2) is 43.0 Å². The number of benzene rings is 1. The lowest BCUT2D eigenvalue weighted by Gasteiger charge is -2.10. The second-order valence-electron chi connectivity index (χ2n) is 5.34. The number of pyridine rings is 1. The molecule has 0 aliphatic heterocycles. The molecule has 23 heavy (non-hydrogen) atoms. The van der Waals surface area contributed by atoms with Gasteiger partial charge in [0.25, 0.3) is 0 Å². The summed E-state index contributed by atoms with van der Waals surface area (Å²) in [6, 6.07) is 5.17. The number of nitrogens with two attached hydrogens (primary N) is 1. The molecule has 0 atom stereocenters. The number of nitrogen functional groups attached to an aromatic ring is 1. The summed E-state index contributed by atoms with van der Waals surface area (Å²) in [6.45, 7) is 0.766. The third-order valence-corrected chi connectivity index (χ3v) is 3.63. The predicted molar refractivity (Wildman–Crippen MR) is 81.7 cm³/mol. The van der Waals surface area contributed by atoms with Crippen LogP contribution in [-0.2, 0) is 19.1 Å². The minimum absolute atomic E-state index is 0.275. The monoisotopic (exact) mass is 320 g/mol. The van der Waals surface area contributed by atoms with Crippen LogP contribution >= 0.6 is 0 Å². The number of imidazole rings is 1. The zero-order valence-electron chi connectivity index (χ0n) is 12.2. The number of nitrogens with zero attached hydrogens (tertiary/aromatic N) is 3. The van der Waals surface area contributed by atoms with Crippen LogP contribution in [-0.4, -0.2) is 14.5 Å². The fourth-order valence-electron chi connectivity index (χ4n) is 2.48. The molecule has 0 saturated heterocycles. The van der Waals surface area contributed by atoms with E-state index in [2.05, 4.69) is 9.97 Å². The maximum Gasteiger partial charge on any atom is 0.416 e. The predicted octanol–water partition coefficient (Wildman–Crippen LogP) is 3.67. The van der Waals surface area contributed by atoms with E-state index in [0.29, 0.717) is 23.2 Å². The minimum atomic E-state index is -4.39. The van der Waals surface area contributed by atoms with Crippen LogP contribution in [0.5, 0.6) is 0 Å². The van der Waals surface area contributed by atoms with E-state index in [4.69, 9.17) is 5.73 Å². The van der Waals surface area contributed by atoms with Gasteiger partial charge in [0.05, 0.1) is 17.4 Å². The number of rotatable bonds is 4. The zero-order chi connectivity index (χ0) is 16.4. The van der Waals surface area contributed by atoms with Crippen molar-refractivity contribution in [2.24, 2.45) is 0 Å². The highest BCUT2D eigenvalue weighted by Crippen LogP contribution is 2.32.